The fourth-order valence-corrected chi connectivity index (χ4v) is 4.13. The summed E-state index contributed by atoms with van der Waals surface area (Å²) in [6, 6.07) is 23.7. The number of rotatable bonds is 5. The molecule has 1 aliphatic rings. The Hall–Kier alpha value is -2.25. The van der Waals surface area contributed by atoms with Gasteiger partial charge in [0.05, 0.1) is 6.61 Å². The van der Waals surface area contributed by atoms with Gasteiger partial charge in [-0.25, -0.2) is 0 Å². The summed E-state index contributed by atoms with van der Waals surface area (Å²) in [7, 11) is 0. The van der Waals surface area contributed by atoms with E-state index in [2.05, 4.69) is 36.4 Å². The number of ether oxygens (including phenoxy) is 1. The zero-order valence-electron chi connectivity index (χ0n) is 16.8. The molecule has 0 saturated carbocycles. The zero-order chi connectivity index (χ0) is 22.0. The van der Waals surface area contributed by atoms with Gasteiger partial charge in [0, 0.05) is 5.02 Å². The van der Waals surface area contributed by atoms with Crippen molar-refractivity contribution in [2.45, 2.75) is 36.9 Å². The van der Waals surface area contributed by atoms with Crippen LogP contribution in [0.3, 0.4) is 0 Å². The maximum Gasteiger partial charge on any atom is 0.113 e. The first-order chi connectivity index (χ1) is 15.0. The minimum atomic E-state index is -1.42. The van der Waals surface area contributed by atoms with E-state index in [9.17, 15) is 20.4 Å². The molecule has 162 valence electrons. The molecule has 5 nitrogen and oxygen atoms in total. The molecule has 1 aliphatic heterocycles. The zero-order valence-corrected chi connectivity index (χ0v) is 17.6. The summed E-state index contributed by atoms with van der Waals surface area (Å²) in [5, 5.41) is 40.5. The van der Waals surface area contributed by atoms with Gasteiger partial charge in [-0.15, -0.1) is 0 Å². The summed E-state index contributed by atoms with van der Waals surface area (Å²) in [5.41, 5.74) is 4.83. The minimum Gasteiger partial charge on any atom is -0.394 e. The Bertz CT molecular complexity index is 1010. The minimum absolute atomic E-state index is 0.463. The van der Waals surface area contributed by atoms with Crippen molar-refractivity contribution in [3.8, 4) is 11.1 Å². The number of hydrogen-bond acceptors (Lipinski definition) is 5. The van der Waals surface area contributed by atoms with Crippen molar-refractivity contribution < 1.29 is 25.2 Å². The van der Waals surface area contributed by atoms with E-state index in [4.69, 9.17) is 16.3 Å². The van der Waals surface area contributed by atoms with Crippen LogP contribution >= 0.6 is 11.6 Å². The van der Waals surface area contributed by atoms with E-state index in [1.54, 1.807) is 12.1 Å². The summed E-state index contributed by atoms with van der Waals surface area (Å²) < 4.78 is 5.67. The predicted octanol–water partition coefficient (Wildman–Crippen LogP) is 3.11. The molecule has 4 N–H and O–H groups in total. The Kier molecular flexibility index (Phi) is 6.72. The van der Waals surface area contributed by atoms with Gasteiger partial charge in [-0.2, -0.15) is 0 Å². The molecule has 3 aromatic rings. The van der Waals surface area contributed by atoms with E-state index < -0.39 is 37.1 Å². The van der Waals surface area contributed by atoms with Crippen LogP contribution < -0.4 is 0 Å². The van der Waals surface area contributed by atoms with Gasteiger partial charge in [-0.3, -0.25) is 0 Å². The summed E-state index contributed by atoms with van der Waals surface area (Å²) >= 11 is 6.42. The van der Waals surface area contributed by atoms with Crippen LogP contribution in [0.1, 0.15) is 22.8 Å². The molecular formula is C25H25ClO5. The first kappa shape index (κ1) is 22.0. The molecule has 5 atom stereocenters. The van der Waals surface area contributed by atoms with Crippen LogP contribution in [0, 0.1) is 0 Å². The van der Waals surface area contributed by atoms with Crippen LogP contribution in [-0.4, -0.2) is 51.4 Å². The standard InChI is InChI=1S/C25H25ClO5/c26-20-11-10-18(25-24(30)23(29)22(28)21(14-27)31-25)13-19(20)12-15-6-8-17(9-7-15)16-4-2-1-3-5-16/h1-11,13,21-25,27-30H,12,14H2. The van der Waals surface area contributed by atoms with E-state index in [1.165, 1.54) is 0 Å². The van der Waals surface area contributed by atoms with E-state index in [-0.39, 0.29) is 0 Å². The number of halogens is 1. The lowest BCUT2D eigenvalue weighted by atomic mass is 9.90. The number of aliphatic hydroxyl groups is 4. The Morgan fingerprint density at radius 3 is 2.13 bits per heavy atom. The van der Waals surface area contributed by atoms with Gasteiger partial charge in [0.2, 0.25) is 0 Å². The lowest BCUT2D eigenvalue weighted by Crippen LogP contribution is -2.55. The lowest BCUT2D eigenvalue weighted by molar-refractivity contribution is -0.231. The van der Waals surface area contributed by atoms with Crippen LogP contribution in [0.15, 0.2) is 72.8 Å². The van der Waals surface area contributed by atoms with Crippen molar-refractivity contribution >= 4 is 11.6 Å². The monoisotopic (exact) mass is 440 g/mol. The Labute approximate surface area is 186 Å². The highest BCUT2D eigenvalue weighted by molar-refractivity contribution is 6.31. The normalized spacial score (nSPS) is 26.0. The van der Waals surface area contributed by atoms with Crippen LogP contribution in [-0.2, 0) is 11.2 Å². The second-order valence-corrected chi connectivity index (χ2v) is 8.25. The molecule has 5 unspecified atom stereocenters. The van der Waals surface area contributed by atoms with Crippen molar-refractivity contribution in [2.75, 3.05) is 6.61 Å². The third-order valence-corrected chi connectivity index (χ3v) is 6.11. The summed E-state index contributed by atoms with van der Waals surface area (Å²) in [5.74, 6) is 0. The molecule has 1 fully saturated rings. The molecule has 4 rings (SSSR count). The SMILES string of the molecule is OCC1OC(c2ccc(Cl)c(Cc3ccc(-c4ccccc4)cc3)c2)C(O)C(O)C1O. The molecule has 1 heterocycles. The van der Waals surface area contributed by atoms with Gasteiger partial charge < -0.3 is 25.2 Å². The first-order valence-electron chi connectivity index (χ1n) is 10.2. The highest BCUT2D eigenvalue weighted by Crippen LogP contribution is 2.34. The summed E-state index contributed by atoms with van der Waals surface area (Å²) in [6.07, 6.45) is -5.37. The molecule has 3 aromatic carbocycles. The average Bonchev–Trinajstić information content (AvgIpc) is 2.80. The fourth-order valence-electron chi connectivity index (χ4n) is 3.95. The molecule has 6 heteroatoms. The molecule has 1 saturated heterocycles. The first-order valence-corrected chi connectivity index (χ1v) is 10.6. The molecule has 0 bridgehead atoms. The topological polar surface area (TPSA) is 90.2 Å². The maximum absolute atomic E-state index is 10.4. The highest BCUT2D eigenvalue weighted by Gasteiger charge is 2.44. The Morgan fingerprint density at radius 2 is 1.45 bits per heavy atom. The molecule has 0 amide bonds. The van der Waals surface area contributed by atoms with Crippen LogP contribution in [0.5, 0.6) is 0 Å². The Morgan fingerprint density at radius 1 is 0.774 bits per heavy atom. The average molecular weight is 441 g/mol. The molecule has 0 aromatic heterocycles. The Balaban J connectivity index is 1.56. The van der Waals surface area contributed by atoms with E-state index in [0.717, 1.165) is 22.3 Å². The highest BCUT2D eigenvalue weighted by atomic mass is 35.5. The summed E-state index contributed by atoms with van der Waals surface area (Å²) in [6.45, 7) is -0.463. The predicted molar refractivity (Wildman–Crippen MR) is 119 cm³/mol. The van der Waals surface area contributed by atoms with E-state index in [0.29, 0.717) is 17.0 Å². The largest absolute Gasteiger partial charge is 0.394 e. The van der Waals surface area contributed by atoms with Crippen molar-refractivity contribution in [3.63, 3.8) is 0 Å². The molecule has 0 aliphatic carbocycles. The van der Waals surface area contributed by atoms with Crippen LogP contribution in [0.25, 0.3) is 11.1 Å². The van der Waals surface area contributed by atoms with Gasteiger partial charge in [0.1, 0.15) is 30.5 Å². The van der Waals surface area contributed by atoms with Gasteiger partial charge in [-0.1, -0.05) is 78.3 Å². The second kappa shape index (κ2) is 9.49. The van der Waals surface area contributed by atoms with Crippen LogP contribution in [0.4, 0.5) is 0 Å². The van der Waals surface area contributed by atoms with Crippen molar-refractivity contribution in [2.24, 2.45) is 0 Å². The van der Waals surface area contributed by atoms with Crippen molar-refractivity contribution in [3.05, 3.63) is 94.5 Å². The van der Waals surface area contributed by atoms with E-state index in [1.807, 2.05) is 24.3 Å². The molecule has 0 radical (unpaired) electrons. The van der Waals surface area contributed by atoms with Crippen molar-refractivity contribution in [1.82, 2.24) is 0 Å². The fraction of sp³-hybridized carbons (Fsp3) is 0.280. The van der Waals surface area contributed by atoms with E-state index >= 15 is 0 Å². The third kappa shape index (κ3) is 4.67. The smallest absolute Gasteiger partial charge is 0.113 e. The quantitative estimate of drug-likeness (QED) is 0.489. The number of aliphatic hydroxyl groups excluding tert-OH is 4. The van der Waals surface area contributed by atoms with Gasteiger partial charge in [0.25, 0.3) is 0 Å². The molecule has 0 spiro atoms. The van der Waals surface area contributed by atoms with Gasteiger partial charge in [-0.05, 0) is 40.3 Å². The molecular weight excluding hydrogens is 416 g/mol. The summed E-state index contributed by atoms with van der Waals surface area (Å²) in [4.78, 5) is 0. The van der Waals surface area contributed by atoms with Crippen LogP contribution in [0.2, 0.25) is 5.02 Å². The maximum atomic E-state index is 10.4. The van der Waals surface area contributed by atoms with Crippen molar-refractivity contribution in [1.29, 1.82) is 0 Å². The van der Waals surface area contributed by atoms with Gasteiger partial charge >= 0.3 is 0 Å². The molecule has 31 heavy (non-hydrogen) atoms. The number of benzene rings is 3. The lowest BCUT2D eigenvalue weighted by Gasteiger charge is -2.40. The third-order valence-electron chi connectivity index (χ3n) is 5.75. The second-order valence-electron chi connectivity index (χ2n) is 7.84. The van der Waals surface area contributed by atoms with Gasteiger partial charge in [0.15, 0.2) is 0 Å². The number of hydrogen-bond donors (Lipinski definition) is 4.